The molecule has 1 aromatic rings. The van der Waals surface area contributed by atoms with Gasteiger partial charge in [0.05, 0.1) is 36.4 Å². The number of benzene rings is 1. The molecule has 4 aliphatic rings. The van der Waals surface area contributed by atoms with E-state index in [1.54, 1.807) is 51.1 Å². The highest BCUT2D eigenvalue weighted by molar-refractivity contribution is 5.93. The second kappa shape index (κ2) is 29.3. The number of aliphatic hydroxyl groups is 4. The number of hydrogen-bond acceptors (Lipinski definition) is 14. The zero-order valence-corrected chi connectivity index (χ0v) is 47.6. The van der Waals surface area contributed by atoms with Gasteiger partial charge in [0.1, 0.15) is 41.5 Å². The molecule has 0 radical (unpaired) electrons. The van der Waals surface area contributed by atoms with Crippen LogP contribution in [0.2, 0.25) is 0 Å². The zero-order chi connectivity index (χ0) is 57.6. The number of piperidine rings is 1. The number of phenolic OH excluding ortho intramolecular Hbond substituents is 1. The van der Waals surface area contributed by atoms with Crippen molar-refractivity contribution in [2.45, 2.75) is 200 Å². The predicted molar refractivity (Wildman–Crippen MR) is 295 cm³/mol. The molecule has 0 saturated carbocycles. The Kier molecular flexibility index (Phi) is 23.9. The van der Waals surface area contributed by atoms with Gasteiger partial charge in [-0.3, -0.25) is 29.0 Å². The fourth-order valence-electron chi connectivity index (χ4n) is 11.3. The summed E-state index contributed by atoms with van der Waals surface area (Å²) in [6.45, 7) is 18.3. The number of Topliss-reactive ketones (excluding diaryl/α,β-unsaturated/α-hetero) is 1. The lowest BCUT2D eigenvalue weighted by Gasteiger charge is -2.56. The van der Waals surface area contributed by atoms with E-state index in [-0.39, 0.29) is 79.3 Å². The third-order valence-corrected chi connectivity index (χ3v) is 16.9. The SMILES string of the molecule is CC[C@@H]1C[C@@H](C)C2(NC1=O)O[C@@H](C[C@H](O)[C@@H](C)CC/C=C/C=C(\C)[C@@H]1C/C=C/C=C/[C@@H](O)[C@H](C)[C@@H](O)[C@@H](CCC(C)=O)C(=O)NC(C(C)C)C(=O)N[C@@H](Cc3cccc(O)c3)C(=O)N3CCC[C@H](N3)C(=O)O1)[C@H](C)[C@H](O)[C@@H]2C. The Hall–Kier alpha value is -5.24. The van der Waals surface area contributed by atoms with Crippen LogP contribution < -0.4 is 21.4 Å². The number of phenols is 1. The molecule has 78 heavy (non-hydrogen) atoms. The summed E-state index contributed by atoms with van der Waals surface area (Å²) < 4.78 is 12.9. The molecule has 2 unspecified atom stereocenters. The predicted octanol–water partition coefficient (Wildman–Crippen LogP) is 5.41. The Labute approximate surface area is 461 Å². The Morgan fingerprint density at radius 2 is 1.68 bits per heavy atom. The first-order valence-corrected chi connectivity index (χ1v) is 28.4. The second-order valence-corrected chi connectivity index (χ2v) is 23.2. The monoisotopic (exact) mass is 1090 g/mol. The summed E-state index contributed by atoms with van der Waals surface area (Å²) in [5.74, 6) is -6.33. The Balaban J connectivity index is 1.35. The van der Waals surface area contributed by atoms with Crippen molar-refractivity contribution in [1.82, 2.24) is 26.4 Å². The highest BCUT2D eigenvalue weighted by atomic mass is 16.5. The summed E-state index contributed by atoms with van der Waals surface area (Å²) in [4.78, 5) is 82.2. The maximum absolute atomic E-state index is 14.5. The number of allylic oxidation sites excluding steroid dienone is 5. The van der Waals surface area contributed by atoms with Crippen LogP contribution in [0.1, 0.15) is 139 Å². The van der Waals surface area contributed by atoms with Gasteiger partial charge in [0.25, 0.3) is 5.91 Å². The summed E-state index contributed by atoms with van der Waals surface area (Å²) >= 11 is 0. The van der Waals surface area contributed by atoms with Gasteiger partial charge < -0.3 is 55.8 Å². The normalized spacial score (nSPS) is 34.9. The van der Waals surface area contributed by atoms with E-state index in [0.717, 1.165) is 6.42 Å². The number of carbonyl (C=O) groups is 6. The molecule has 4 amide bonds. The molecule has 1 aromatic carbocycles. The van der Waals surface area contributed by atoms with Gasteiger partial charge in [0.2, 0.25) is 17.7 Å². The highest BCUT2D eigenvalue weighted by Crippen LogP contribution is 2.46. The van der Waals surface area contributed by atoms with Crippen LogP contribution in [-0.2, 0) is 44.7 Å². The molecule has 434 valence electrons. The van der Waals surface area contributed by atoms with Gasteiger partial charge >= 0.3 is 5.97 Å². The number of ether oxygens (including phenoxy) is 2. The fourth-order valence-corrected chi connectivity index (χ4v) is 11.3. The number of fused-ring (bicyclic) bond motifs is 2. The number of hydrogen-bond donors (Lipinski definition) is 9. The number of aliphatic hydroxyl groups excluding tert-OH is 4. The van der Waals surface area contributed by atoms with E-state index in [2.05, 4.69) is 28.3 Å². The van der Waals surface area contributed by atoms with Crippen LogP contribution in [0.5, 0.6) is 5.75 Å². The smallest absolute Gasteiger partial charge is 0.325 e. The summed E-state index contributed by atoms with van der Waals surface area (Å²) in [5.41, 5.74) is 3.27. The fraction of sp³-hybridized carbons (Fsp3) is 0.667. The molecule has 5 rings (SSSR count). The number of ketones is 1. The Morgan fingerprint density at radius 1 is 0.949 bits per heavy atom. The van der Waals surface area contributed by atoms with E-state index in [1.165, 1.54) is 30.1 Å². The van der Waals surface area contributed by atoms with Crippen molar-refractivity contribution in [3.8, 4) is 5.75 Å². The molecule has 3 fully saturated rings. The average Bonchev–Trinajstić information content (AvgIpc) is 3.51. The minimum absolute atomic E-state index is 0.0254. The first-order chi connectivity index (χ1) is 36.9. The molecule has 3 saturated heterocycles. The molecule has 0 aromatic heterocycles. The van der Waals surface area contributed by atoms with Crippen molar-refractivity contribution in [2.75, 3.05) is 6.54 Å². The van der Waals surface area contributed by atoms with Crippen LogP contribution in [0.15, 0.2) is 72.4 Å². The molecule has 9 N–H and O–H groups in total. The van der Waals surface area contributed by atoms with Gasteiger partial charge in [0.15, 0.2) is 0 Å². The van der Waals surface area contributed by atoms with Crippen LogP contribution >= 0.6 is 0 Å². The van der Waals surface area contributed by atoms with Gasteiger partial charge in [0, 0.05) is 61.8 Å². The summed E-state index contributed by atoms with van der Waals surface area (Å²) in [6.07, 6.45) is 10.6. The highest BCUT2D eigenvalue weighted by Gasteiger charge is 2.57. The summed E-state index contributed by atoms with van der Waals surface area (Å²) in [7, 11) is 0. The molecule has 0 aliphatic carbocycles. The molecular weight excluding hydrogens is 999 g/mol. The number of amides is 4. The van der Waals surface area contributed by atoms with Gasteiger partial charge in [-0.1, -0.05) is 110 Å². The number of cyclic esters (lactones) is 1. The molecule has 18 nitrogen and oxygen atoms in total. The minimum Gasteiger partial charge on any atom is -0.508 e. The molecule has 17 atom stereocenters. The topological polar surface area (TPSA) is 273 Å². The molecule has 18 heteroatoms. The van der Waals surface area contributed by atoms with E-state index < -0.39 is 102 Å². The standard InChI is InChI=1S/C60H91N5O13/c1-11-43-30-37(6)60(63-55(43)72)41(10)53(70)40(9)51(78-60)33-49(69)35(4)20-14-12-15-21-36(5)50-26-17-13-16-25-48(68)39(8)54(71)45(28-27-38(7)66)56(73)62-52(34(2)3)57(74)61-47(32-42-22-18-23-44(67)31-42)58(75)65-29-19-24-46(64-65)59(76)77-50/h12-13,15-18,21-23,25,31,34-35,37,39-41,43,45-54,64,67-71H,11,14,19-20,24,26-30,32-33H2,1-10H3,(H,61,74)(H,62,73)(H,63,72)/b15-12+,17-13+,25-16+,36-21+/t35-,37+,39-,40-,41-,43+,45+,46-,47-,48+,49-,50-,51-,52?,53-,54+,60?/m0/s1. The van der Waals surface area contributed by atoms with Crippen molar-refractivity contribution in [2.24, 2.45) is 47.3 Å². The minimum atomic E-state index is -1.43. The van der Waals surface area contributed by atoms with Crippen LogP contribution in [0, 0.1) is 47.3 Å². The summed E-state index contributed by atoms with van der Waals surface area (Å²) in [5, 5.41) is 66.1. The molecule has 4 heterocycles. The van der Waals surface area contributed by atoms with E-state index in [0.29, 0.717) is 49.7 Å². The van der Waals surface area contributed by atoms with E-state index in [9.17, 15) is 54.3 Å². The van der Waals surface area contributed by atoms with Crippen molar-refractivity contribution in [3.05, 3.63) is 77.9 Å². The lowest BCUT2D eigenvalue weighted by molar-refractivity contribution is -0.267. The van der Waals surface area contributed by atoms with Crippen LogP contribution in [0.3, 0.4) is 0 Å². The van der Waals surface area contributed by atoms with Gasteiger partial charge in [-0.25, -0.2) is 5.43 Å². The van der Waals surface area contributed by atoms with Crippen LogP contribution in [-0.4, -0.2) is 133 Å². The van der Waals surface area contributed by atoms with Gasteiger partial charge in [-0.15, -0.1) is 0 Å². The Bertz CT molecular complexity index is 2340. The van der Waals surface area contributed by atoms with Crippen molar-refractivity contribution < 1.29 is 63.8 Å². The number of nitrogens with one attached hydrogen (secondary N) is 4. The first kappa shape index (κ1) is 63.6. The van der Waals surface area contributed by atoms with Gasteiger partial charge in [-0.2, -0.15) is 0 Å². The number of hydrazine groups is 1. The third-order valence-electron chi connectivity index (χ3n) is 16.9. The number of aromatic hydroxyl groups is 1. The molecule has 4 aliphatic heterocycles. The summed E-state index contributed by atoms with van der Waals surface area (Å²) in [6, 6.07) is 2.90. The molecular formula is C60H91N5O13. The maximum atomic E-state index is 14.5. The maximum Gasteiger partial charge on any atom is 0.325 e. The van der Waals surface area contributed by atoms with Gasteiger partial charge in [-0.05, 0) is 93.9 Å². The largest absolute Gasteiger partial charge is 0.508 e. The third kappa shape index (κ3) is 16.7. The number of esters is 1. The second-order valence-electron chi connectivity index (χ2n) is 23.2. The van der Waals surface area contributed by atoms with Crippen LogP contribution in [0.25, 0.3) is 0 Å². The number of nitrogens with zero attached hydrogens (tertiary/aromatic N) is 1. The van der Waals surface area contributed by atoms with Crippen molar-refractivity contribution in [1.29, 1.82) is 0 Å². The quantitative estimate of drug-likeness (QED) is 0.0786. The first-order valence-electron chi connectivity index (χ1n) is 28.4. The lowest BCUT2D eigenvalue weighted by atomic mass is 9.69. The zero-order valence-electron chi connectivity index (χ0n) is 47.6. The Morgan fingerprint density at radius 3 is 2.36 bits per heavy atom. The number of carbonyl (C=O) groups excluding carboxylic acids is 6. The molecule has 1 spiro atoms. The van der Waals surface area contributed by atoms with E-state index in [1.807, 2.05) is 52.8 Å². The van der Waals surface area contributed by atoms with E-state index in [4.69, 9.17) is 9.47 Å². The van der Waals surface area contributed by atoms with Crippen molar-refractivity contribution >= 4 is 35.4 Å². The molecule has 2 bridgehead atoms. The lowest BCUT2D eigenvalue weighted by Crippen LogP contribution is -2.71. The van der Waals surface area contributed by atoms with Crippen LogP contribution in [0.4, 0.5) is 0 Å². The number of rotatable bonds is 15. The van der Waals surface area contributed by atoms with Crippen molar-refractivity contribution in [3.63, 3.8) is 0 Å². The van der Waals surface area contributed by atoms with E-state index >= 15 is 0 Å². The average molecular weight is 1090 g/mol.